The molecule has 5 nitrogen and oxygen atoms in total. The van der Waals surface area contributed by atoms with E-state index in [4.69, 9.17) is 28.6 Å². The van der Waals surface area contributed by atoms with Crippen LogP contribution < -0.4 is 20.9 Å². The lowest BCUT2D eigenvalue weighted by Crippen LogP contribution is -2.43. The van der Waals surface area contributed by atoms with Crippen LogP contribution >= 0.6 is 23.8 Å². The molecule has 0 aliphatic heterocycles. The molecule has 0 fully saturated rings. The van der Waals surface area contributed by atoms with Crippen LogP contribution in [-0.2, 0) is 6.61 Å². The number of thiocarbonyl (C=S) groups is 1. The first kappa shape index (κ1) is 19.7. The van der Waals surface area contributed by atoms with Crippen molar-refractivity contribution in [1.82, 2.24) is 10.9 Å². The number of carbonyl (C=O) groups excluding carboxylic acids is 1. The highest BCUT2D eigenvalue weighted by molar-refractivity contribution is 7.80. The summed E-state index contributed by atoms with van der Waals surface area (Å²) in [6, 6.07) is 23.8. The summed E-state index contributed by atoms with van der Waals surface area (Å²) >= 11 is 11.0. The molecule has 0 aliphatic carbocycles. The fourth-order valence-corrected chi connectivity index (χ4v) is 2.62. The summed E-state index contributed by atoms with van der Waals surface area (Å²) < 4.78 is 5.71. The summed E-state index contributed by atoms with van der Waals surface area (Å²) in [5, 5.41) is 3.84. The van der Waals surface area contributed by atoms with Gasteiger partial charge in [-0.3, -0.25) is 15.6 Å². The van der Waals surface area contributed by atoms with E-state index in [0.29, 0.717) is 22.9 Å². The van der Waals surface area contributed by atoms with Crippen LogP contribution in [0.5, 0.6) is 5.75 Å². The number of carbonyl (C=O) groups is 1. The van der Waals surface area contributed by atoms with E-state index in [9.17, 15) is 4.79 Å². The Morgan fingerprint density at radius 1 is 0.893 bits per heavy atom. The minimum Gasteiger partial charge on any atom is -0.489 e. The minimum absolute atomic E-state index is 0.262. The predicted octanol–water partition coefficient (Wildman–Crippen LogP) is 4.55. The monoisotopic (exact) mass is 411 g/mol. The van der Waals surface area contributed by atoms with E-state index in [-0.39, 0.29) is 11.0 Å². The predicted molar refractivity (Wildman–Crippen MR) is 115 cm³/mol. The summed E-state index contributed by atoms with van der Waals surface area (Å²) in [5.41, 5.74) is 7.53. The molecule has 0 aliphatic rings. The molecular weight excluding hydrogens is 394 g/mol. The smallest absolute Gasteiger partial charge is 0.269 e. The maximum absolute atomic E-state index is 12.2. The minimum atomic E-state index is -0.310. The Balaban J connectivity index is 1.46. The van der Waals surface area contributed by atoms with E-state index in [1.807, 2.05) is 30.3 Å². The molecule has 3 N–H and O–H groups in total. The number of hydrogen-bond acceptors (Lipinski definition) is 3. The Morgan fingerprint density at radius 3 is 2.25 bits per heavy atom. The van der Waals surface area contributed by atoms with Crippen molar-refractivity contribution in [2.45, 2.75) is 6.61 Å². The van der Waals surface area contributed by atoms with Gasteiger partial charge in [-0.1, -0.05) is 41.9 Å². The van der Waals surface area contributed by atoms with Crippen molar-refractivity contribution in [3.05, 3.63) is 95.0 Å². The number of halogens is 1. The van der Waals surface area contributed by atoms with Crippen molar-refractivity contribution in [3.63, 3.8) is 0 Å². The number of nitrogens with one attached hydrogen (secondary N) is 3. The van der Waals surface area contributed by atoms with Crippen LogP contribution in [-0.4, -0.2) is 11.0 Å². The van der Waals surface area contributed by atoms with Crippen molar-refractivity contribution in [2.75, 3.05) is 5.32 Å². The molecule has 1 amide bonds. The summed E-state index contributed by atoms with van der Waals surface area (Å²) in [4.78, 5) is 12.2. The molecule has 0 radical (unpaired) electrons. The zero-order valence-corrected chi connectivity index (χ0v) is 16.4. The lowest BCUT2D eigenvalue weighted by Gasteiger charge is -2.12. The molecule has 0 atom stereocenters. The van der Waals surface area contributed by atoms with Crippen LogP contribution in [0.4, 0.5) is 5.69 Å². The second-order valence-corrected chi connectivity index (χ2v) is 6.68. The number of anilines is 1. The van der Waals surface area contributed by atoms with Gasteiger partial charge in [-0.2, -0.15) is 0 Å². The number of hydrazine groups is 1. The second-order valence-electron chi connectivity index (χ2n) is 5.84. The third-order valence-corrected chi connectivity index (χ3v) is 4.21. The number of amides is 1. The topological polar surface area (TPSA) is 62.4 Å². The highest BCUT2D eigenvalue weighted by Gasteiger charge is 2.06. The largest absolute Gasteiger partial charge is 0.489 e. The van der Waals surface area contributed by atoms with E-state index in [1.54, 1.807) is 48.5 Å². The van der Waals surface area contributed by atoms with E-state index in [0.717, 1.165) is 11.3 Å². The van der Waals surface area contributed by atoms with Gasteiger partial charge in [0.1, 0.15) is 12.4 Å². The van der Waals surface area contributed by atoms with Crippen LogP contribution in [0, 0.1) is 0 Å². The lowest BCUT2D eigenvalue weighted by atomic mass is 10.2. The van der Waals surface area contributed by atoms with Crippen LogP contribution in [0.1, 0.15) is 15.9 Å². The maximum atomic E-state index is 12.2. The molecule has 3 aromatic carbocycles. The molecule has 0 saturated heterocycles. The second kappa shape index (κ2) is 9.73. The van der Waals surface area contributed by atoms with Gasteiger partial charge in [0.2, 0.25) is 0 Å². The first-order chi connectivity index (χ1) is 13.6. The third-order valence-electron chi connectivity index (χ3n) is 3.76. The van der Waals surface area contributed by atoms with E-state index < -0.39 is 0 Å². The molecule has 7 heteroatoms. The molecule has 0 unspecified atom stereocenters. The van der Waals surface area contributed by atoms with Crippen LogP contribution in [0.15, 0.2) is 78.9 Å². The molecule has 0 heterocycles. The molecule has 0 spiro atoms. The Bertz CT molecular complexity index is 932. The molecule has 142 valence electrons. The fourth-order valence-electron chi connectivity index (χ4n) is 2.32. The number of ether oxygens (including phenoxy) is 1. The number of hydrogen-bond donors (Lipinski definition) is 3. The summed E-state index contributed by atoms with van der Waals surface area (Å²) in [6.45, 7) is 0.471. The van der Waals surface area contributed by atoms with E-state index in [2.05, 4.69) is 16.2 Å². The SMILES string of the molecule is O=C(NNC(=S)Nc1ccc(Cl)cc1)c1ccc(OCc2ccccc2)cc1. The average molecular weight is 412 g/mol. The Labute approximate surface area is 173 Å². The summed E-state index contributed by atoms with van der Waals surface area (Å²) in [5.74, 6) is 0.378. The Morgan fingerprint density at radius 2 is 1.57 bits per heavy atom. The van der Waals surface area contributed by atoms with Crippen molar-refractivity contribution in [3.8, 4) is 5.75 Å². The van der Waals surface area contributed by atoms with Gasteiger partial charge in [-0.15, -0.1) is 0 Å². The molecule has 3 rings (SSSR count). The van der Waals surface area contributed by atoms with Crippen LogP contribution in [0.2, 0.25) is 5.02 Å². The van der Waals surface area contributed by atoms with E-state index in [1.165, 1.54) is 0 Å². The van der Waals surface area contributed by atoms with Gasteiger partial charge in [-0.05, 0) is 66.3 Å². The van der Waals surface area contributed by atoms with Gasteiger partial charge in [0.15, 0.2) is 5.11 Å². The third kappa shape index (κ3) is 5.97. The first-order valence-electron chi connectivity index (χ1n) is 8.50. The van der Waals surface area contributed by atoms with Gasteiger partial charge in [-0.25, -0.2) is 0 Å². The standard InChI is InChI=1S/C21H18ClN3O2S/c22-17-8-10-18(11-9-17)23-21(28)25-24-20(26)16-6-12-19(13-7-16)27-14-15-4-2-1-3-5-15/h1-13H,14H2,(H,24,26)(H2,23,25,28). The molecule has 3 aromatic rings. The molecular formula is C21H18ClN3O2S. The van der Waals surface area contributed by atoms with E-state index >= 15 is 0 Å². The summed E-state index contributed by atoms with van der Waals surface area (Å²) in [7, 11) is 0. The molecule has 0 aromatic heterocycles. The van der Waals surface area contributed by atoms with Crippen molar-refractivity contribution >= 4 is 40.5 Å². The van der Waals surface area contributed by atoms with Gasteiger partial charge in [0.25, 0.3) is 5.91 Å². The van der Waals surface area contributed by atoms with Gasteiger partial charge >= 0.3 is 0 Å². The first-order valence-corrected chi connectivity index (χ1v) is 9.28. The van der Waals surface area contributed by atoms with Gasteiger partial charge < -0.3 is 10.1 Å². The highest BCUT2D eigenvalue weighted by atomic mass is 35.5. The lowest BCUT2D eigenvalue weighted by molar-refractivity contribution is 0.0944. The quantitative estimate of drug-likeness (QED) is 0.424. The van der Waals surface area contributed by atoms with Gasteiger partial charge in [0.05, 0.1) is 0 Å². The van der Waals surface area contributed by atoms with Crippen molar-refractivity contribution < 1.29 is 9.53 Å². The fraction of sp³-hybridized carbons (Fsp3) is 0.0476. The molecule has 28 heavy (non-hydrogen) atoms. The number of rotatable bonds is 5. The average Bonchev–Trinajstić information content (AvgIpc) is 2.73. The van der Waals surface area contributed by atoms with Crippen LogP contribution in [0.25, 0.3) is 0 Å². The highest BCUT2D eigenvalue weighted by Crippen LogP contribution is 2.15. The molecule has 0 saturated carbocycles. The molecule has 0 bridgehead atoms. The maximum Gasteiger partial charge on any atom is 0.269 e. The van der Waals surface area contributed by atoms with Gasteiger partial charge in [0, 0.05) is 16.3 Å². The normalized spacial score (nSPS) is 10.0. The Hall–Kier alpha value is -3.09. The Kier molecular flexibility index (Phi) is 6.84. The van der Waals surface area contributed by atoms with Crippen molar-refractivity contribution in [2.24, 2.45) is 0 Å². The zero-order chi connectivity index (χ0) is 19.8. The number of benzene rings is 3. The van der Waals surface area contributed by atoms with Crippen LogP contribution in [0.3, 0.4) is 0 Å². The van der Waals surface area contributed by atoms with Crippen molar-refractivity contribution in [1.29, 1.82) is 0 Å². The zero-order valence-electron chi connectivity index (χ0n) is 14.8. The summed E-state index contributed by atoms with van der Waals surface area (Å²) in [6.07, 6.45) is 0.